The number of carbonyl (C=O) groups excluding carboxylic acids is 3. The lowest BCUT2D eigenvalue weighted by molar-refractivity contribution is -0.138. The number of nitrogens with one attached hydrogen (secondary N) is 3. The average molecular weight is 455 g/mol. The molecule has 0 aromatic heterocycles. The number of thioether (sulfide) groups is 1. The Morgan fingerprint density at radius 2 is 1.65 bits per heavy atom. The summed E-state index contributed by atoms with van der Waals surface area (Å²) in [7, 11) is 0. The molecule has 4 atom stereocenters. The third kappa shape index (κ3) is 9.81. The van der Waals surface area contributed by atoms with Gasteiger partial charge in [-0.05, 0) is 30.9 Å². The van der Waals surface area contributed by atoms with Crippen molar-refractivity contribution in [3.8, 4) is 0 Å². The maximum Gasteiger partial charge on any atom is 0.322 e. The SMILES string of the molecule is CSCCC(NC(=O)C(N)C(C)O)C(=O)NC(Cc1ccccc1)C(=O)NCC(=O)O. The van der Waals surface area contributed by atoms with Crippen LogP contribution >= 0.6 is 11.8 Å². The van der Waals surface area contributed by atoms with Gasteiger partial charge in [-0.15, -0.1) is 0 Å². The van der Waals surface area contributed by atoms with Crippen LogP contribution in [0.2, 0.25) is 0 Å². The van der Waals surface area contributed by atoms with E-state index in [1.54, 1.807) is 30.3 Å². The van der Waals surface area contributed by atoms with Crippen LogP contribution in [0.15, 0.2) is 30.3 Å². The molecule has 7 N–H and O–H groups in total. The number of carboxylic acids is 1. The lowest BCUT2D eigenvalue weighted by atomic mass is 10.0. The molecule has 0 heterocycles. The number of aliphatic hydroxyl groups excluding tert-OH is 1. The molecule has 4 unspecified atom stereocenters. The van der Waals surface area contributed by atoms with Crippen LogP contribution in [0.4, 0.5) is 0 Å². The summed E-state index contributed by atoms with van der Waals surface area (Å²) in [6, 6.07) is 5.69. The number of carbonyl (C=O) groups is 4. The Bertz CT molecular complexity index is 746. The summed E-state index contributed by atoms with van der Waals surface area (Å²) in [5.74, 6) is -2.61. The van der Waals surface area contributed by atoms with Crippen molar-refractivity contribution in [2.75, 3.05) is 18.6 Å². The number of aliphatic carboxylic acids is 1. The summed E-state index contributed by atoms with van der Waals surface area (Å²) in [6.07, 6.45) is 1.15. The van der Waals surface area contributed by atoms with Crippen molar-refractivity contribution in [2.24, 2.45) is 5.73 Å². The van der Waals surface area contributed by atoms with Crippen LogP contribution in [0.25, 0.3) is 0 Å². The Morgan fingerprint density at radius 1 is 1.03 bits per heavy atom. The summed E-state index contributed by atoms with van der Waals surface area (Å²) < 4.78 is 0. The maximum atomic E-state index is 12.9. The van der Waals surface area contributed by atoms with E-state index in [0.29, 0.717) is 5.75 Å². The van der Waals surface area contributed by atoms with Crippen LogP contribution in [-0.2, 0) is 25.6 Å². The first-order valence-corrected chi connectivity index (χ1v) is 11.1. The molecule has 0 saturated carbocycles. The molecule has 3 amide bonds. The fourth-order valence-electron chi connectivity index (χ4n) is 2.61. The highest BCUT2D eigenvalue weighted by Crippen LogP contribution is 2.07. The molecule has 0 bridgehead atoms. The fourth-order valence-corrected chi connectivity index (χ4v) is 3.08. The first-order chi connectivity index (χ1) is 14.6. The zero-order chi connectivity index (χ0) is 23.4. The highest BCUT2D eigenvalue weighted by molar-refractivity contribution is 7.98. The monoisotopic (exact) mass is 454 g/mol. The van der Waals surface area contributed by atoms with Gasteiger partial charge in [-0.2, -0.15) is 11.8 Å². The molecule has 1 rings (SSSR count). The summed E-state index contributed by atoms with van der Waals surface area (Å²) in [4.78, 5) is 48.4. The lowest BCUT2D eigenvalue weighted by Crippen LogP contribution is -2.57. The molecule has 1 aromatic rings. The number of aliphatic hydroxyl groups is 1. The third-order valence-electron chi connectivity index (χ3n) is 4.40. The molecule has 172 valence electrons. The highest BCUT2D eigenvalue weighted by Gasteiger charge is 2.29. The van der Waals surface area contributed by atoms with Crippen molar-refractivity contribution >= 4 is 35.5 Å². The molecule has 0 aliphatic rings. The Hall–Kier alpha value is -2.63. The van der Waals surface area contributed by atoms with Crippen molar-refractivity contribution in [2.45, 2.75) is 44.0 Å². The van der Waals surface area contributed by atoms with E-state index in [-0.39, 0.29) is 12.8 Å². The van der Waals surface area contributed by atoms with Gasteiger partial charge >= 0.3 is 5.97 Å². The van der Waals surface area contributed by atoms with Crippen LogP contribution in [0, 0.1) is 0 Å². The molecule has 11 heteroatoms. The van der Waals surface area contributed by atoms with Crippen molar-refractivity contribution in [1.29, 1.82) is 0 Å². The predicted molar refractivity (Wildman–Crippen MR) is 117 cm³/mol. The van der Waals surface area contributed by atoms with Gasteiger partial charge in [-0.25, -0.2) is 0 Å². The molecule has 1 aromatic carbocycles. The number of amides is 3. The standard InChI is InChI=1S/C20H30N4O6S/c1-12(25)17(21)20(30)23-14(8-9-31-2)19(29)24-15(18(28)22-11-16(26)27)10-13-6-4-3-5-7-13/h3-7,12,14-15,17,25H,8-11,21H2,1-2H3,(H,22,28)(H,23,30)(H,24,29)(H,26,27). The second kappa shape index (κ2) is 13.6. The van der Waals surface area contributed by atoms with Gasteiger partial charge in [0.25, 0.3) is 0 Å². The Balaban J connectivity index is 2.96. The Morgan fingerprint density at radius 3 is 2.19 bits per heavy atom. The largest absolute Gasteiger partial charge is 0.480 e. The first kappa shape index (κ1) is 26.4. The molecule has 0 spiro atoms. The molecule has 10 nitrogen and oxygen atoms in total. The van der Waals surface area contributed by atoms with Crippen LogP contribution < -0.4 is 21.7 Å². The summed E-state index contributed by atoms with van der Waals surface area (Å²) >= 11 is 1.47. The maximum absolute atomic E-state index is 12.9. The van der Waals surface area contributed by atoms with Crippen LogP contribution in [0.1, 0.15) is 18.9 Å². The minimum atomic E-state index is -1.21. The lowest BCUT2D eigenvalue weighted by Gasteiger charge is -2.24. The Kier molecular flexibility index (Phi) is 11.6. The second-order valence-electron chi connectivity index (χ2n) is 6.97. The van der Waals surface area contributed by atoms with Gasteiger partial charge in [0.2, 0.25) is 17.7 Å². The van der Waals surface area contributed by atoms with Crippen molar-refractivity contribution < 1.29 is 29.4 Å². The normalized spacial score (nSPS) is 14.6. The molecule has 0 fully saturated rings. The van der Waals surface area contributed by atoms with E-state index >= 15 is 0 Å². The first-order valence-electron chi connectivity index (χ1n) is 9.72. The van der Waals surface area contributed by atoms with Crippen LogP contribution in [-0.4, -0.2) is 76.7 Å². The molecular weight excluding hydrogens is 424 g/mol. The van der Waals surface area contributed by atoms with Crippen molar-refractivity contribution in [1.82, 2.24) is 16.0 Å². The van der Waals surface area contributed by atoms with Crippen molar-refractivity contribution in [3.05, 3.63) is 35.9 Å². The third-order valence-corrected chi connectivity index (χ3v) is 5.04. The number of hydrogen-bond acceptors (Lipinski definition) is 7. The minimum Gasteiger partial charge on any atom is -0.480 e. The average Bonchev–Trinajstić information content (AvgIpc) is 2.74. The van der Waals surface area contributed by atoms with Gasteiger partial charge in [-0.1, -0.05) is 30.3 Å². The quantitative estimate of drug-likeness (QED) is 0.217. The molecular formula is C20H30N4O6S. The summed E-state index contributed by atoms with van der Waals surface area (Å²) in [5, 5.41) is 25.7. The van der Waals surface area contributed by atoms with E-state index in [4.69, 9.17) is 10.8 Å². The van der Waals surface area contributed by atoms with Crippen LogP contribution in [0.3, 0.4) is 0 Å². The molecule has 0 saturated heterocycles. The van der Waals surface area contributed by atoms with E-state index in [2.05, 4.69) is 16.0 Å². The smallest absolute Gasteiger partial charge is 0.322 e. The summed E-state index contributed by atoms with van der Waals surface area (Å²) in [5.41, 5.74) is 6.40. The van der Waals surface area contributed by atoms with Gasteiger partial charge in [-0.3, -0.25) is 19.2 Å². The van der Waals surface area contributed by atoms with Gasteiger partial charge < -0.3 is 31.9 Å². The predicted octanol–water partition coefficient (Wildman–Crippen LogP) is -1.14. The summed E-state index contributed by atoms with van der Waals surface area (Å²) in [6.45, 7) is 0.778. The zero-order valence-electron chi connectivity index (χ0n) is 17.5. The number of carboxylic acid groups (broad SMARTS) is 1. The van der Waals surface area contributed by atoms with Crippen LogP contribution in [0.5, 0.6) is 0 Å². The minimum absolute atomic E-state index is 0.133. The highest BCUT2D eigenvalue weighted by atomic mass is 32.2. The molecule has 0 radical (unpaired) electrons. The van der Waals surface area contributed by atoms with Gasteiger partial charge in [0.1, 0.15) is 24.7 Å². The number of hydrogen-bond donors (Lipinski definition) is 6. The Labute approximate surface area is 185 Å². The van der Waals surface area contributed by atoms with Gasteiger partial charge in [0.05, 0.1) is 6.10 Å². The van der Waals surface area contributed by atoms with Gasteiger partial charge in [0, 0.05) is 6.42 Å². The second-order valence-corrected chi connectivity index (χ2v) is 7.96. The van der Waals surface area contributed by atoms with Gasteiger partial charge in [0.15, 0.2) is 0 Å². The molecule has 0 aliphatic heterocycles. The molecule has 31 heavy (non-hydrogen) atoms. The van der Waals surface area contributed by atoms with E-state index in [9.17, 15) is 24.3 Å². The van der Waals surface area contributed by atoms with E-state index in [1.165, 1.54) is 18.7 Å². The van der Waals surface area contributed by atoms with E-state index < -0.39 is 54.5 Å². The molecule has 0 aliphatic carbocycles. The number of rotatable bonds is 13. The topological polar surface area (TPSA) is 171 Å². The zero-order valence-corrected chi connectivity index (χ0v) is 18.4. The van der Waals surface area contributed by atoms with E-state index in [0.717, 1.165) is 5.56 Å². The van der Waals surface area contributed by atoms with E-state index in [1.807, 2.05) is 6.26 Å². The number of nitrogens with two attached hydrogens (primary N) is 1. The number of benzene rings is 1. The fraction of sp³-hybridized carbons (Fsp3) is 0.500. The van der Waals surface area contributed by atoms with Crippen molar-refractivity contribution in [3.63, 3.8) is 0 Å².